The summed E-state index contributed by atoms with van der Waals surface area (Å²) in [6.45, 7) is 0. The first-order valence-corrected chi connectivity index (χ1v) is 6.33. The highest BCUT2D eigenvalue weighted by atomic mass is 32.2. The molecule has 1 fully saturated rings. The third-order valence-electron chi connectivity index (χ3n) is 2.87. The summed E-state index contributed by atoms with van der Waals surface area (Å²) in [6.07, 6.45) is 2.32. The van der Waals surface area contributed by atoms with E-state index in [1.807, 2.05) is 0 Å². The van der Waals surface area contributed by atoms with Gasteiger partial charge in [0.25, 0.3) is 0 Å². The van der Waals surface area contributed by atoms with Crippen molar-refractivity contribution in [2.24, 2.45) is 0 Å². The molecule has 5 heteroatoms. The number of rotatable bonds is 3. The molecule has 2 atom stereocenters. The minimum Gasteiger partial charge on any atom is -0.478 e. The number of carboxylic acid groups (broad SMARTS) is 1. The molecule has 1 aromatic rings. The first-order valence-electron chi connectivity index (χ1n) is 5.45. The summed E-state index contributed by atoms with van der Waals surface area (Å²) in [5.41, 5.74) is -0.317. The second-order valence-corrected chi connectivity index (χ2v) is 5.41. The van der Waals surface area contributed by atoms with Gasteiger partial charge in [0, 0.05) is 10.1 Å². The Hall–Kier alpha value is -1.07. The summed E-state index contributed by atoms with van der Waals surface area (Å²) in [7, 11) is 0. The number of aliphatic hydroxyl groups excluding tert-OH is 1. The number of hydrogen-bond donors (Lipinski definition) is 2. The van der Waals surface area contributed by atoms with Gasteiger partial charge in [-0.2, -0.15) is 0 Å². The first-order chi connectivity index (χ1) is 8.08. The van der Waals surface area contributed by atoms with Crippen molar-refractivity contribution in [2.75, 3.05) is 0 Å². The molecular weight excluding hydrogens is 243 g/mol. The van der Waals surface area contributed by atoms with Gasteiger partial charge in [-0.25, -0.2) is 9.18 Å². The second-order valence-electron chi connectivity index (χ2n) is 4.10. The summed E-state index contributed by atoms with van der Waals surface area (Å²) in [4.78, 5) is 11.5. The van der Waals surface area contributed by atoms with Crippen LogP contribution in [0.5, 0.6) is 0 Å². The van der Waals surface area contributed by atoms with E-state index in [1.54, 1.807) is 6.07 Å². The summed E-state index contributed by atoms with van der Waals surface area (Å²) in [6, 6.07) is 4.04. The normalized spacial score (nSPS) is 23.9. The van der Waals surface area contributed by atoms with Crippen LogP contribution in [0, 0.1) is 5.82 Å². The number of benzene rings is 1. The van der Waals surface area contributed by atoms with Gasteiger partial charge in [0.05, 0.1) is 11.7 Å². The van der Waals surface area contributed by atoms with Crippen LogP contribution in [0.3, 0.4) is 0 Å². The lowest BCUT2D eigenvalue weighted by molar-refractivity contribution is 0.0691. The monoisotopic (exact) mass is 256 g/mol. The van der Waals surface area contributed by atoms with Crippen molar-refractivity contribution in [1.29, 1.82) is 0 Å². The molecule has 17 heavy (non-hydrogen) atoms. The summed E-state index contributed by atoms with van der Waals surface area (Å²) < 4.78 is 13.2. The molecule has 0 bridgehead atoms. The maximum atomic E-state index is 13.2. The van der Waals surface area contributed by atoms with Gasteiger partial charge >= 0.3 is 5.97 Å². The molecule has 0 saturated heterocycles. The standard InChI is InChI=1S/C12H13FO3S/c13-9-5-4-7(6-8(9)12(15)16)17-11-3-1-2-10(11)14/h4-6,10-11,14H,1-3H2,(H,15,16). The summed E-state index contributed by atoms with van der Waals surface area (Å²) in [5.74, 6) is -1.99. The van der Waals surface area contributed by atoms with E-state index >= 15 is 0 Å². The zero-order chi connectivity index (χ0) is 12.4. The molecule has 0 amide bonds. The van der Waals surface area contributed by atoms with Crippen molar-refractivity contribution in [1.82, 2.24) is 0 Å². The van der Waals surface area contributed by atoms with Gasteiger partial charge in [0.1, 0.15) is 5.82 Å². The smallest absolute Gasteiger partial charge is 0.338 e. The van der Waals surface area contributed by atoms with Crippen LogP contribution in [0.4, 0.5) is 4.39 Å². The van der Waals surface area contributed by atoms with E-state index < -0.39 is 11.8 Å². The molecule has 2 rings (SSSR count). The highest BCUT2D eigenvalue weighted by molar-refractivity contribution is 8.00. The van der Waals surface area contributed by atoms with E-state index in [4.69, 9.17) is 5.11 Å². The molecule has 1 saturated carbocycles. The first kappa shape index (κ1) is 12.4. The van der Waals surface area contributed by atoms with Crippen molar-refractivity contribution in [3.05, 3.63) is 29.6 Å². The number of hydrogen-bond acceptors (Lipinski definition) is 3. The summed E-state index contributed by atoms with van der Waals surface area (Å²) >= 11 is 1.42. The zero-order valence-corrected chi connectivity index (χ0v) is 9.91. The Morgan fingerprint density at radius 3 is 2.76 bits per heavy atom. The molecule has 1 aromatic carbocycles. The van der Waals surface area contributed by atoms with Gasteiger partial charge in [-0.05, 0) is 37.5 Å². The van der Waals surface area contributed by atoms with Gasteiger partial charge in [0.15, 0.2) is 0 Å². The third-order valence-corrected chi connectivity index (χ3v) is 4.25. The van der Waals surface area contributed by atoms with Crippen LogP contribution in [0.2, 0.25) is 0 Å². The van der Waals surface area contributed by atoms with Crippen LogP contribution >= 0.6 is 11.8 Å². The van der Waals surface area contributed by atoms with E-state index in [0.29, 0.717) is 4.90 Å². The van der Waals surface area contributed by atoms with Gasteiger partial charge in [0.2, 0.25) is 0 Å². The van der Waals surface area contributed by atoms with Crippen molar-refractivity contribution in [3.8, 4) is 0 Å². The Labute approximate surface area is 103 Å². The maximum Gasteiger partial charge on any atom is 0.338 e. The van der Waals surface area contributed by atoms with Crippen LogP contribution < -0.4 is 0 Å². The SMILES string of the molecule is O=C(O)c1cc(SC2CCCC2O)ccc1F. The van der Waals surface area contributed by atoms with Crippen LogP contribution in [0.25, 0.3) is 0 Å². The molecule has 0 aromatic heterocycles. The van der Waals surface area contributed by atoms with Crippen molar-refractivity contribution in [3.63, 3.8) is 0 Å². The Bertz CT molecular complexity index is 436. The lowest BCUT2D eigenvalue weighted by Gasteiger charge is -2.14. The fourth-order valence-corrected chi connectivity index (χ4v) is 3.22. The molecule has 2 unspecified atom stereocenters. The molecule has 0 spiro atoms. The van der Waals surface area contributed by atoms with E-state index in [-0.39, 0.29) is 16.9 Å². The van der Waals surface area contributed by atoms with E-state index in [0.717, 1.165) is 25.3 Å². The Kier molecular flexibility index (Phi) is 3.69. The minimum atomic E-state index is -1.27. The highest BCUT2D eigenvalue weighted by Crippen LogP contribution is 2.35. The summed E-state index contributed by atoms with van der Waals surface area (Å²) in [5, 5.41) is 18.6. The molecule has 2 N–H and O–H groups in total. The van der Waals surface area contributed by atoms with Crippen molar-refractivity contribution < 1.29 is 19.4 Å². The average Bonchev–Trinajstić information content (AvgIpc) is 2.67. The second kappa shape index (κ2) is 5.06. The molecule has 92 valence electrons. The van der Waals surface area contributed by atoms with Crippen molar-refractivity contribution >= 4 is 17.7 Å². The Morgan fingerprint density at radius 2 is 2.18 bits per heavy atom. The van der Waals surface area contributed by atoms with E-state index in [1.165, 1.54) is 17.8 Å². The number of aromatic carboxylic acids is 1. The number of thioether (sulfide) groups is 1. The highest BCUT2D eigenvalue weighted by Gasteiger charge is 2.26. The number of halogens is 1. The largest absolute Gasteiger partial charge is 0.478 e. The molecule has 0 heterocycles. The predicted octanol–water partition coefficient (Wildman–Crippen LogP) is 2.53. The topological polar surface area (TPSA) is 57.5 Å². The third kappa shape index (κ3) is 2.79. The average molecular weight is 256 g/mol. The molecule has 0 aliphatic heterocycles. The van der Waals surface area contributed by atoms with Gasteiger partial charge in [-0.1, -0.05) is 0 Å². The number of aliphatic hydroxyl groups is 1. The molecule has 1 aliphatic rings. The zero-order valence-electron chi connectivity index (χ0n) is 9.10. The van der Waals surface area contributed by atoms with Gasteiger partial charge in [-0.3, -0.25) is 0 Å². The fourth-order valence-electron chi connectivity index (χ4n) is 1.96. The number of carboxylic acids is 1. The van der Waals surface area contributed by atoms with Crippen LogP contribution in [0.15, 0.2) is 23.1 Å². The Morgan fingerprint density at radius 1 is 1.41 bits per heavy atom. The predicted molar refractivity (Wildman–Crippen MR) is 62.9 cm³/mol. The molecular formula is C12H13FO3S. The van der Waals surface area contributed by atoms with Crippen LogP contribution in [-0.2, 0) is 0 Å². The molecule has 0 radical (unpaired) electrons. The lowest BCUT2D eigenvalue weighted by atomic mass is 10.2. The quantitative estimate of drug-likeness (QED) is 0.872. The molecule has 3 nitrogen and oxygen atoms in total. The number of carbonyl (C=O) groups is 1. The van der Waals surface area contributed by atoms with Gasteiger partial charge < -0.3 is 10.2 Å². The lowest BCUT2D eigenvalue weighted by Crippen LogP contribution is -2.15. The fraction of sp³-hybridized carbons (Fsp3) is 0.417. The van der Waals surface area contributed by atoms with E-state index in [2.05, 4.69) is 0 Å². The van der Waals surface area contributed by atoms with Crippen LogP contribution in [-0.4, -0.2) is 27.5 Å². The minimum absolute atomic E-state index is 0.0853. The Balaban J connectivity index is 2.16. The maximum absolute atomic E-state index is 13.2. The van der Waals surface area contributed by atoms with Gasteiger partial charge in [-0.15, -0.1) is 11.8 Å². The van der Waals surface area contributed by atoms with Crippen LogP contribution in [0.1, 0.15) is 29.6 Å². The van der Waals surface area contributed by atoms with Crippen molar-refractivity contribution in [2.45, 2.75) is 35.5 Å². The molecule has 1 aliphatic carbocycles. The van der Waals surface area contributed by atoms with E-state index in [9.17, 15) is 14.3 Å².